The van der Waals surface area contributed by atoms with Crippen LogP contribution in [0.25, 0.3) is 0 Å². The van der Waals surface area contributed by atoms with Gasteiger partial charge in [0.15, 0.2) is 0 Å². The number of benzene rings is 4. The van der Waals surface area contributed by atoms with Crippen LogP contribution in [0.3, 0.4) is 0 Å². The first-order valence-electron chi connectivity index (χ1n) is 37.8. The molecule has 4 fully saturated rings. The van der Waals surface area contributed by atoms with Gasteiger partial charge in [0.05, 0.1) is 25.3 Å². The summed E-state index contributed by atoms with van der Waals surface area (Å²) >= 11 is 10.3. The lowest BCUT2D eigenvalue weighted by Crippen LogP contribution is -2.40. The number of carbonyl (C=O) groups is 4. The van der Waals surface area contributed by atoms with E-state index >= 15 is 0 Å². The van der Waals surface area contributed by atoms with E-state index in [-0.39, 0.29) is 83.7 Å². The monoisotopic (exact) mass is 1690 g/mol. The lowest BCUT2D eigenvalue weighted by Gasteiger charge is -2.30. The van der Waals surface area contributed by atoms with Gasteiger partial charge >= 0.3 is 0 Å². The molecule has 590 valence electrons. The van der Waals surface area contributed by atoms with Gasteiger partial charge in [-0.1, -0.05) is 45.2 Å². The first-order chi connectivity index (χ1) is 51.0. The molecular weight excluding hydrogens is 1580 g/mol. The summed E-state index contributed by atoms with van der Waals surface area (Å²) in [7, 11) is 0. The summed E-state index contributed by atoms with van der Waals surface area (Å²) < 4.78 is 0. The van der Waals surface area contributed by atoms with Gasteiger partial charge < -0.3 is 51.1 Å². The number of nitrogens with one attached hydrogen (secondary N) is 2. The second kappa shape index (κ2) is 48.2. The second-order valence-electron chi connectivity index (χ2n) is 27.8. The average molecular weight is 1690 g/mol. The van der Waals surface area contributed by atoms with Gasteiger partial charge in [0.25, 0.3) is 11.4 Å². The standard InChI is InChI=1S/C22H28N4OS.C17H23N3O3.C17H25N3O.C10H10N2O3.C7H14ClN.C6H7NS2.CH4.ClH.HI/c23-22(20-7-5-15-28-20)24-18-9-10-19-17(16-18)6-4-8-21(27)26(19)14-13-25-11-2-1-3-12-25;21-17-6-4-5-14-13-15(20(22)23)7-8-16(14)19(17)12-11-18-9-2-1-3-10-18;18-15-7-8-16-14(13-15)5-4-6-17(21)20(16)12-11-19-9-2-1-3-10-19;13-10-3-1-2-7-6-8(12(14)15)4-5-9(7)11-10;8-4-7-9-5-2-1-3-6-9;1-8-6(7)5-3-2-4-9-5;;;/h5,7,9-10,15-16H,1-4,6,8,11-14H2,(H2,23,24);7-8,13H,1-6,9-12H2;7-8,13H,1-6,9-12,18H2;4-6H,1-3H2,(H,11,13);1-7H2;2-4,7H,1H3;1H4;2*1H. The number of nitrogen functional groups attached to an aromatic ring is 1. The van der Waals surface area contributed by atoms with Gasteiger partial charge in [-0.25, -0.2) is 4.99 Å². The van der Waals surface area contributed by atoms with Gasteiger partial charge in [0, 0.05) is 130 Å². The fourth-order valence-electron chi connectivity index (χ4n) is 14.5. The topological polar surface area (TPSA) is 278 Å². The predicted molar refractivity (Wildman–Crippen MR) is 462 cm³/mol. The molecule has 6 aromatic rings. The first-order valence-corrected chi connectivity index (χ1v) is 41.3. The number of aryl methyl sites for hydroxylation is 4. The van der Waals surface area contributed by atoms with Crippen LogP contribution in [-0.4, -0.2) is 174 Å². The molecule has 108 heavy (non-hydrogen) atoms. The number of rotatable bonds is 16. The van der Waals surface area contributed by atoms with Crippen molar-refractivity contribution in [1.29, 1.82) is 5.41 Å². The highest BCUT2D eigenvalue weighted by Crippen LogP contribution is 2.34. The summed E-state index contributed by atoms with van der Waals surface area (Å²) in [5.41, 5.74) is 21.7. The number of carbonyl (C=O) groups excluding carboxylic acids is 4. The van der Waals surface area contributed by atoms with Crippen LogP contribution < -0.4 is 31.5 Å². The van der Waals surface area contributed by atoms with Crippen LogP contribution >= 0.6 is 82.4 Å². The van der Waals surface area contributed by atoms with Crippen molar-refractivity contribution in [2.45, 2.75) is 162 Å². The van der Waals surface area contributed by atoms with Gasteiger partial charge in [0.1, 0.15) is 10.9 Å². The van der Waals surface area contributed by atoms with Gasteiger partial charge in [-0.2, -0.15) is 0 Å². The molecular formula is C80H113Cl2IN14O8S3. The molecule has 0 saturated carbocycles. The minimum absolute atomic E-state index is 0. The number of amides is 4. The number of hydrogen-bond donors (Lipinski definition) is 4. The van der Waals surface area contributed by atoms with E-state index < -0.39 is 4.92 Å². The van der Waals surface area contributed by atoms with Gasteiger partial charge in [-0.05, 0) is 255 Å². The number of nitrogens with zero attached hydrogens (tertiary/aromatic N) is 10. The molecule has 0 unspecified atom stereocenters. The van der Waals surface area contributed by atoms with Crippen LogP contribution in [0.5, 0.6) is 0 Å². The van der Waals surface area contributed by atoms with Crippen LogP contribution in [0, 0.1) is 25.6 Å². The highest BCUT2D eigenvalue weighted by molar-refractivity contribution is 14.0. The number of non-ortho nitro benzene ring substituents is 2. The summed E-state index contributed by atoms with van der Waals surface area (Å²) in [6, 6.07) is 29.4. The van der Waals surface area contributed by atoms with Crippen molar-refractivity contribution < 1.29 is 29.0 Å². The summed E-state index contributed by atoms with van der Waals surface area (Å²) in [5, 5.41) is 36.3. The Kier molecular flexibility index (Phi) is 40.3. The van der Waals surface area contributed by atoms with Crippen molar-refractivity contribution in [3.05, 3.63) is 160 Å². The van der Waals surface area contributed by atoms with Crippen molar-refractivity contribution >= 4 is 162 Å². The fourth-order valence-corrected chi connectivity index (χ4v) is 16.6. The number of anilines is 5. The van der Waals surface area contributed by atoms with E-state index in [1.165, 1.54) is 144 Å². The number of amidine groups is 1. The van der Waals surface area contributed by atoms with E-state index in [0.29, 0.717) is 55.2 Å². The predicted octanol–water partition coefficient (Wildman–Crippen LogP) is 16.8. The Balaban J connectivity index is 0.000000210. The third-order valence-corrected chi connectivity index (χ3v) is 22.9. The maximum Gasteiger partial charge on any atom is 0.269 e. The van der Waals surface area contributed by atoms with E-state index in [9.17, 15) is 39.4 Å². The van der Waals surface area contributed by atoms with Crippen LogP contribution in [0.4, 0.5) is 45.5 Å². The normalized spacial score (nSPS) is 17.6. The van der Waals surface area contributed by atoms with Crippen molar-refractivity contribution in [3.63, 3.8) is 0 Å². The molecule has 10 heterocycles. The summed E-state index contributed by atoms with van der Waals surface area (Å²) in [6.45, 7) is 15.6. The highest BCUT2D eigenvalue weighted by atomic mass is 127. The first kappa shape index (κ1) is 90.3. The molecule has 4 saturated heterocycles. The third kappa shape index (κ3) is 28.6. The van der Waals surface area contributed by atoms with Crippen LogP contribution in [0.15, 0.2) is 113 Å². The molecule has 4 amide bonds. The Bertz CT molecular complexity index is 3830. The van der Waals surface area contributed by atoms with Gasteiger partial charge in [0.2, 0.25) is 23.6 Å². The maximum absolute atomic E-state index is 12.7. The Morgan fingerprint density at radius 2 is 0.898 bits per heavy atom. The summed E-state index contributed by atoms with van der Waals surface area (Å²) in [5.74, 6) is 1.94. The fraction of sp³-hybridized carbons (Fsp3) is 0.525. The quantitative estimate of drug-likeness (QED) is 0.0133. The Labute approximate surface area is 679 Å². The number of alkyl halides is 1. The zero-order valence-electron chi connectivity index (χ0n) is 62.0. The number of thiophene rings is 2. The Hall–Kier alpha value is -6.60. The number of aliphatic imine (C=N–C) groups is 1. The summed E-state index contributed by atoms with van der Waals surface area (Å²) in [6.07, 6.45) is 26.5. The molecule has 8 aliphatic heterocycles. The molecule has 28 heteroatoms. The number of piperidine rings is 4. The van der Waals surface area contributed by atoms with Gasteiger partial charge in [-0.3, -0.25) is 44.8 Å². The summed E-state index contributed by atoms with van der Waals surface area (Å²) in [4.78, 5) is 91.8. The number of nitrogens with two attached hydrogens (primary N) is 2. The molecule has 4 aromatic carbocycles. The Morgan fingerprint density at radius 1 is 0.509 bits per heavy atom. The number of nitro benzene ring substituents is 2. The van der Waals surface area contributed by atoms with Gasteiger partial charge in [-0.15, -0.1) is 82.4 Å². The van der Waals surface area contributed by atoms with Crippen LogP contribution in [0.2, 0.25) is 0 Å². The molecule has 0 radical (unpaired) electrons. The van der Waals surface area contributed by atoms with Crippen LogP contribution in [-0.2, 0) is 44.9 Å². The van der Waals surface area contributed by atoms with E-state index in [2.05, 4.69) is 42.0 Å². The number of likely N-dealkylation sites (tertiary alicyclic amines) is 4. The largest absolute Gasteiger partial charge is 0.399 e. The number of hydrogen-bond acceptors (Lipinski definition) is 18. The van der Waals surface area contributed by atoms with E-state index in [1.54, 1.807) is 40.9 Å². The third-order valence-electron chi connectivity index (χ3n) is 20.2. The molecule has 2 aromatic heterocycles. The minimum atomic E-state index is -0.424. The van der Waals surface area contributed by atoms with E-state index in [1.807, 2.05) is 80.2 Å². The lowest BCUT2D eigenvalue weighted by atomic mass is 10.1. The highest BCUT2D eigenvalue weighted by Gasteiger charge is 2.28. The number of fused-ring (bicyclic) bond motifs is 4. The van der Waals surface area contributed by atoms with Crippen molar-refractivity contribution in [2.24, 2.45) is 10.7 Å². The van der Waals surface area contributed by atoms with Crippen molar-refractivity contribution in [3.8, 4) is 0 Å². The maximum atomic E-state index is 12.7. The van der Waals surface area contributed by atoms with Crippen molar-refractivity contribution in [2.75, 3.05) is 136 Å². The zero-order valence-corrected chi connectivity index (χ0v) is 68.3. The molecule has 22 nitrogen and oxygen atoms in total. The smallest absolute Gasteiger partial charge is 0.269 e. The molecule has 0 aliphatic carbocycles. The molecule has 14 rings (SSSR count). The zero-order chi connectivity index (χ0) is 74.3. The van der Waals surface area contributed by atoms with Crippen LogP contribution in [0.1, 0.15) is 168 Å². The van der Waals surface area contributed by atoms with E-state index in [4.69, 9.17) is 28.5 Å². The molecule has 0 atom stereocenters. The molecule has 8 aliphatic rings. The number of thioether (sulfide) groups is 1. The lowest BCUT2D eigenvalue weighted by molar-refractivity contribution is -0.385. The van der Waals surface area contributed by atoms with Crippen molar-refractivity contribution in [1.82, 2.24) is 19.6 Å². The molecule has 0 spiro atoms. The molecule has 0 bridgehead atoms. The average Bonchev–Trinajstić information content (AvgIpc) is 1.58. The minimum Gasteiger partial charge on any atom is -0.399 e. The SMILES string of the molecule is C.CSC(=N)c1cccs1.Cl.ClCCN1CCCCC1.I.NC(=Nc1ccc2c(c1)CCCC(=O)N2CCN1CCCCC1)c1cccs1.Nc1ccc2c(c1)CCCC(=O)N2CCN1CCCCC1.O=C1CCCc2cc([N+](=O)[O-])ccc2N1.O=C1CCCc2cc([N+](=O)[O-])ccc2N1CCN1CCCCC1. The van der Waals surface area contributed by atoms with E-state index in [0.717, 1.165) is 166 Å². The Morgan fingerprint density at radius 3 is 1.33 bits per heavy atom. The molecule has 6 N–H and O–H groups in total. The number of nitro groups is 2. The number of halogens is 3. The second-order valence-corrected chi connectivity index (χ2v) is 30.8.